The van der Waals surface area contributed by atoms with E-state index in [9.17, 15) is 0 Å². The maximum absolute atomic E-state index is 5.22. The number of hydrogen-bond donors (Lipinski definition) is 0. The minimum absolute atomic E-state index is 0.871. The quantitative estimate of drug-likeness (QED) is 0.602. The van der Waals surface area contributed by atoms with Crippen LogP contribution in [0, 0.1) is 6.26 Å². The molecular formula is C11H6NOS. The highest BCUT2D eigenvalue weighted by molar-refractivity contribution is 7.13. The molecule has 0 amide bonds. The fraction of sp³-hybridized carbons (Fsp3) is 0. The van der Waals surface area contributed by atoms with E-state index in [2.05, 4.69) is 17.3 Å². The molecule has 2 aromatic heterocycles. The molecule has 1 radical (unpaired) electrons. The highest BCUT2D eigenvalue weighted by Crippen LogP contribution is 2.30. The van der Waals surface area contributed by atoms with Gasteiger partial charge in [0.25, 0.3) is 0 Å². The molecule has 3 rings (SSSR count). The van der Waals surface area contributed by atoms with Crippen LogP contribution in [0.3, 0.4) is 0 Å². The van der Waals surface area contributed by atoms with Gasteiger partial charge in [-0.05, 0) is 12.1 Å². The van der Waals surface area contributed by atoms with Crippen LogP contribution in [-0.2, 0) is 0 Å². The Morgan fingerprint density at radius 3 is 3.21 bits per heavy atom. The van der Waals surface area contributed by atoms with Crippen molar-refractivity contribution in [2.24, 2.45) is 0 Å². The van der Waals surface area contributed by atoms with E-state index in [-0.39, 0.29) is 0 Å². The van der Waals surface area contributed by atoms with Gasteiger partial charge in [0, 0.05) is 17.1 Å². The van der Waals surface area contributed by atoms with E-state index in [1.54, 1.807) is 11.3 Å². The summed E-state index contributed by atoms with van der Waals surface area (Å²) >= 11 is 1.63. The van der Waals surface area contributed by atoms with Gasteiger partial charge in [-0.1, -0.05) is 12.1 Å². The zero-order valence-corrected chi connectivity index (χ0v) is 8.04. The van der Waals surface area contributed by atoms with Crippen LogP contribution in [0.15, 0.2) is 40.4 Å². The smallest absolute Gasteiger partial charge is 0.170 e. The van der Waals surface area contributed by atoms with Crippen molar-refractivity contribution >= 4 is 22.3 Å². The summed E-state index contributed by atoms with van der Waals surface area (Å²) in [6.07, 6.45) is 4.62. The molecule has 0 unspecified atom stereocenters. The first kappa shape index (κ1) is 7.76. The molecule has 2 nitrogen and oxygen atoms in total. The summed E-state index contributed by atoms with van der Waals surface area (Å²) < 4.78 is 5.22. The van der Waals surface area contributed by atoms with Crippen molar-refractivity contribution in [2.75, 3.05) is 0 Å². The van der Waals surface area contributed by atoms with Gasteiger partial charge in [0.15, 0.2) is 6.26 Å². The average molecular weight is 200 g/mol. The zero-order valence-electron chi connectivity index (χ0n) is 7.23. The third-order valence-electron chi connectivity index (χ3n) is 2.14. The number of furan rings is 1. The SMILES string of the molecule is [c]1cc2c(-c3cncs3)cccc2o1. The Hall–Kier alpha value is -1.61. The number of aromatic nitrogens is 1. The molecule has 0 spiro atoms. The average Bonchev–Trinajstić information content (AvgIpc) is 2.88. The number of hydrogen-bond acceptors (Lipinski definition) is 3. The first-order valence-corrected chi connectivity index (χ1v) is 5.10. The molecule has 2 heterocycles. The fourth-order valence-electron chi connectivity index (χ4n) is 1.50. The van der Waals surface area contributed by atoms with Gasteiger partial charge in [-0.15, -0.1) is 11.3 Å². The molecule has 0 aliphatic heterocycles. The molecule has 0 saturated carbocycles. The highest BCUT2D eigenvalue weighted by Gasteiger charge is 2.06. The summed E-state index contributed by atoms with van der Waals surface area (Å²) in [6, 6.07) is 7.86. The first-order chi connectivity index (χ1) is 6.95. The fourth-order valence-corrected chi connectivity index (χ4v) is 2.16. The van der Waals surface area contributed by atoms with Crippen LogP contribution in [0.4, 0.5) is 0 Å². The molecule has 0 fully saturated rings. The van der Waals surface area contributed by atoms with Crippen molar-refractivity contribution in [3.05, 3.63) is 42.2 Å². The molecule has 0 bridgehead atoms. The lowest BCUT2D eigenvalue weighted by Gasteiger charge is -1.97. The minimum atomic E-state index is 0.871. The van der Waals surface area contributed by atoms with Crippen molar-refractivity contribution in [3.8, 4) is 10.4 Å². The molecule has 0 aliphatic carbocycles. The maximum Gasteiger partial charge on any atom is 0.170 e. The van der Waals surface area contributed by atoms with Crippen LogP contribution in [-0.4, -0.2) is 4.98 Å². The van der Waals surface area contributed by atoms with Gasteiger partial charge < -0.3 is 4.42 Å². The number of rotatable bonds is 1. The minimum Gasteiger partial charge on any atom is -0.453 e. The van der Waals surface area contributed by atoms with Gasteiger partial charge in [0.1, 0.15) is 5.58 Å². The highest BCUT2D eigenvalue weighted by atomic mass is 32.1. The van der Waals surface area contributed by atoms with E-state index >= 15 is 0 Å². The second-order valence-electron chi connectivity index (χ2n) is 2.95. The Morgan fingerprint density at radius 2 is 2.36 bits per heavy atom. The predicted octanol–water partition coefficient (Wildman–Crippen LogP) is 3.36. The van der Waals surface area contributed by atoms with E-state index in [0.29, 0.717) is 0 Å². The van der Waals surface area contributed by atoms with Gasteiger partial charge in [0.05, 0.1) is 10.4 Å². The van der Waals surface area contributed by atoms with Crippen LogP contribution in [0.5, 0.6) is 0 Å². The third kappa shape index (κ3) is 1.06. The second kappa shape index (κ2) is 2.96. The normalized spacial score (nSPS) is 10.9. The number of nitrogens with zero attached hydrogens (tertiary/aromatic N) is 1. The Morgan fingerprint density at radius 1 is 1.36 bits per heavy atom. The van der Waals surface area contributed by atoms with E-state index in [0.717, 1.165) is 21.4 Å². The second-order valence-corrected chi connectivity index (χ2v) is 3.83. The lowest BCUT2D eigenvalue weighted by atomic mass is 10.1. The van der Waals surface area contributed by atoms with Crippen LogP contribution < -0.4 is 0 Å². The Kier molecular flexibility index (Phi) is 1.64. The first-order valence-electron chi connectivity index (χ1n) is 4.22. The summed E-state index contributed by atoms with van der Waals surface area (Å²) in [5.41, 5.74) is 3.86. The molecule has 67 valence electrons. The Labute approximate surface area is 84.8 Å². The monoisotopic (exact) mass is 200 g/mol. The molecule has 0 N–H and O–H groups in total. The van der Waals surface area contributed by atoms with Crippen molar-refractivity contribution in [2.45, 2.75) is 0 Å². The van der Waals surface area contributed by atoms with Gasteiger partial charge in [-0.3, -0.25) is 4.98 Å². The Bertz CT molecular complexity index is 553. The van der Waals surface area contributed by atoms with Gasteiger partial charge in [0.2, 0.25) is 0 Å². The summed E-state index contributed by atoms with van der Waals surface area (Å²) in [7, 11) is 0. The summed E-state index contributed by atoms with van der Waals surface area (Å²) in [6.45, 7) is 0. The van der Waals surface area contributed by atoms with E-state index < -0.39 is 0 Å². The lowest BCUT2D eigenvalue weighted by molar-refractivity contribution is 0.606. The third-order valence-corrected chi connectivity index (χ3v) is 2.94. The molecule has 1 aromatic carbocycles. The number of thiazole rings is 1. The van der Waals surface area contributed by atoms with Crippen molar-refractivity contribution in [3.63, 3.8) is 0 Å². The maximum atomic E-state index is 5.22. The van der Waals surface area contributed by atoms with Crippen molar-refractivity contribution < 1.29 is 4.42 Å². The Balaban J connectivity index is 2.36. The lowest BCUT2D eigenvalue weighted by Crippen LogP contribution is -1.72. The topological polar surface area (TPSA) is 26.0 Å². The van der Waals surface area contributed by atoms with Crippen LogP contribution in [0.25, 0.3) is 21.4 Å². The standard InChI is InChI=1S/C11H6NOS/c1-2-9(11-6-12-7-14-11)8-4-5-13-10(8)3-1/h1-4,6-7H. The van der Waals surface area contributed by atoms with Gasteiger partial charge >= 0.3 is 0 Å². The van der Waals surface area contributed by atoms with Crippen LogP contribution in [0.1, 0.15) is 0 Å². The van der Waals surface area contributed by atoms with E-state index in [4.69, 9.17) is 4.42 Å². The number of benzene rings is 1. The molecule has 14 heavy (non-hydrogen) atoms. The zero-order chi connectivity index (χ0) is 9.38. The molecular weight excluding hydrogens is 194 g/mol. The van der Waals surface area contributed by atoms with Crippen LogP contribution >= 0.6 is 11.3 Å². The van der Waals surface area contributed by atoms with E-state index in [1.807, 2.05) is 29.9 Å². The van der Waals surface area contributed by atoms with E-state index in [1.165, 1.54) is 0 Å². The van der Waals surface area contributed by atoms with Crippen molar-refractivity contribution in [1.82, 2.24) is 4.98 Å². The molecule has 0 aliphatic rings. The molecule has 0 atom stereocenters. The van der Waals surface area contributed by atoms with Gasteiger partial charge in [-0.25, -0.2) is 0 Å². The van der Waals surface area contributed by atoms with Crippen molar-refractivity contribution in [1.29, 1.82) is 0 Å². The molecule has 3 heteroatoms. The molecule has 0 saturated heterocycles. The largest absolute Gasteiger partial charge is 0.453 e. The summed E-state index contributed by atoms with van der Waals surface area (Å²) in [5, 5.41) is 1.09. The summed E-state index contributed by atoms with van der Waals surface area (Å²) in [5.74, 6) is 0. The number of fused-ring (bicyclic) bond motifs is 1. The van der Waals surface area contributed by atoms with Crippen LogP contribution in [0.2, 0.25) is 0 Å². The molecule has 3 aromatic rings. The summed E-state index contributed by atoms with van der Waals surface area (Å²) in [4.78, 5) is 5.23. The van der Waals surface area contributed by atoms with Gasteiger partial charge in [-0.2, -0.15) is 0 Å². The predicted molar refractivity (Wildman–Crippen MR) is 56.2 cm³/mol.